The minimum absolute atomic E-state index is 0.0992. The van der Waals surface area contributed by atoms with Crippen LogP contribution in [0.25, 0.3) is 0 Å². The number of amides is 1. The number of nitrogens with zero attached hydrogens (tertiary/aromatic N) is 2. The predicted molar refractivity (Wildman–Crippen MR) is 92.7 cm³/mol. The molecule has 0 aliphatic heterocycles. The number of hydrogen-bond acceptors (Lipinski definition) is 4. The van der Waals surface area contributed by atoms with E-state index in [1.807, 2.05) is 36.6 Å². The molecule has 0 aliphatic carbocycles. The molecule has 3 rings (SSSR count). The van der Waals surface area contributed by atoms with E-state index in [0.717, 1.165) is 22.7 Å². The number of carbonyl (C=O) groups is 1. The van der Waals surface area contributed by atoms with Gasteiger partial charge in [-0.1, -0.05) is 36.4 Å². The highest BCUT2D eigenvalue weighted by Gasteiger charge is 2.09. The average Bonchev–Trinajstić information content (AvgIpc) is 2.97. The fourth-order valence-electron chi connectivity index (χ4n) is 2.18. The molecule has 0 saturated carbocycles. The third kappa shape index (κ3) is 4.47. The Bertz CT molecular complexity index is 782. The summed E-state index contributed by atoms with van der Waals surface area (Å²) in [5.74, 6) is 0.471. The van der Waals surface area contributed by atoms with E-state index < -0.39 is 0 Å². The monoisotopic (exact) mass is 323 g/mol. The van der Waals surface area contributed by atoms with Crippen molar-refractivity contribution >= 4 is 23.1 Å². The third-order valence-electron chi connectivity index (χ3n) is 3.32. The molecular weight excluding hydrogens is 306 g/mol. The molecule has 4 nitrogen and oxygen atoms in total. The average molecular weight is 323 g/mol. The number of anilines is 1. The Kier molecular flexibility index (Phi) is 4.78. The number of aromatic nitrogens is 2. The van der Waals surface area contributed by atoms with Gasteiger partial charge in [0.25, 0.3) is 0 Å². The standard InChI is InChI=1S/C18H17N3OS/c1-13-7-8-16(19-11-13)21-17(22)10-15-12-23-18(20-15)9-14-5-3-2-4-6-14/h2-8,11-12H,9-10H2,1H3,(H,19,21,22). The van der Waals surface area contributed by atoms with Crippen molar-refractivity contribution in [1.29, 1.82) is 0 Å². The van der Waals surface area contributed by atoms with Gasteiger partial charge >= 0.3 is 0 Å². The maximum Gasteiger partial charge on any atom is 0.231 e. The minimum atomic E-state index is -0.0992. The minimum Gasteiger partial charge on any atom is -0.310 e. The van der Waals surface area contributed by atoms with Crippen molar-refractivity contribution in [2.45, 2.75) is 19.8 Å². The van der Waals surface area contributed by atoms with Gasteiger partial charge in [-0.05, 0) is 24.1 Å². The van der Waals surface area contributed by atoms with E-state index in [1.165, 1.54) is 5.56 Å². The van der Waals surface area contributed by atoms with E-state index in [-0.39, 0.29) is 12.3 Å². The smallest absolute Gasteiger partial charge is 0.231 e. The molecule has 2 heterocycles. The summed E-state index contributed by atoms with van der Waals surface area (Å²) in [4.78, 5) is 20.8. The number of hydrogen-bond donors (Lipinski definition) is 1. The Hall–Kier alpha value is -2.53. The van der Waals surface area contributed by atoms with Gasteiger partial charge in [0.1, 0.15) is 5.82 Å². The quantitative estimate of drug-likeness (QED) is 0.780. The molecule has 1 aromatic carbocycles. The summed E-state index contributed by atoms with van der Waals surface area (Å²) >= 11 is 1.59. The lowest BCUT2D eigenvalue weighted by Crippen LogP contribution is -2.15. The Labute approximate surface area is 139 Å². The second-order valence-corrected chi connectivity index (χ2v) is 6.28. The van der Waals surface area contributed by atoms with Gasteiger partial charge in [-0.15, -0.1) is 11.3 Å². The van der Waals surface area contributed by atoms with Crippen LogP contribution in [0.5, 0.6) is 0 Å². The largest absolute Gasteiger partial charge is 0.310 e. The van der Waals surface area contributed by atoms with E-state index in [0.29, 0.717) is 5.82 Å². The van der Waals surface area contributed by atoms with E-state index in [2.05, 4.69) is 27.4 Å². The van der Waals surface area contributed by atoms with E-state index in [9.17, 15) is 4.79 Å². The van der Waals surface area contributed by atoms with Crippen LogP contribution in [-0.4, -0.2) is 15.9 Å². The predicted octanol–water partition coefficient (Wildman–Crippen LogP) is 3.62. The van der Waals surface area contributed by atoms with E-state index in [4.69, 9.17) is 0 Å². The van der Waals surface area contributed by atoms with Crippen molar-refractivity contribution < 1.29 is 4.79 Å². The normalized spacial score (nSPS) is 10.5. The van der Waals surface area contributed by atoms with Crippen molar-refractivity contribution in [2.75, 3.05) is 5.32 Å². The molecule has 116 valence electrons. The van der Waals surface area contributed by atoms with Crippen LogP contribution < -0.4 is 5.32 Å². The lowest BCUT2D eigenvalue weighted by atomic mass is 10.2. The van der Waals surface area contributed by atoms with Crippen LogP contribution in [0.3, 0.4) is 0 Å². The molecule has 1 amide bonds. The molecule has 0 bridgehead atoms. The summed E-state index contributed by atoms with van der Waals surface area (Å²) in [7, 11) is 0. The Balaban J connectivity index is 1.58. The Morgan fingerprint density at radius 1 is 1.17 bits per heavy atom. The second-order valence-electron chi connectivity index (χ2n) is 5.34. The molecule has 0 aliphatic rings. The summed E-state index contributed by atoms with van der Waals surface area (Å²) in [6.07, 6.45) is 2.80. The summed E-state index contributed by atoms with van der Waals surface area (Å²) in [6.45, 7) is 1.96. The molecular formula is C18H17N3OS. The van der Waals surface area contributed by atoms with Gasteiger partial charge < -0.3 is 5.32 Å². The highest BCUT2D eigenvalue weighted by Crippen LogP contribution is 2.15. The lowest BCUT2D eigenvalue weighted by Gasteiger charge is -2.03. The summed E-state index contributed by atoms with van der Waals surface area (Å²) in [5, 5.41) is 5.76. The van der Waals surface area contributed by atoms with Crippen LogP contribution >= 0.6 is 11.3 Å². The maximum atomic E-state index is 12.0. The number of rotatable bonds is 5. The summed E-state index contributed by atoms with van der Waals surface area (Å²) in [6, 6.07) is 13.9. The zero-order valence-electron chi connectivity index (χ0n) is 12.8. The molecule has 2 aromatic heterocycles. The maximum absolute atomic E-state index is 12.0. The topological polar surface area (TPSA) is 54.9 Å². The molecule has 3 aromatic rings. The Morgan fingerprint density at radius 3 is 2.74 bits per heavy atom. The molecule has 0 fully saturated rings. The van der Waals surface area contributed by atoms with Crippen LogP contribution in [0.4, 0.5) is 5.82 Å². The number of nitrogens with one attached hydrogen (secondary N) is 1. The first-order chi connectivity index (χ1) is 11.2. The highest BCUT2D eigenvalue weighted by atomic mass is 32.1. The van der Waals surface area contributed by atoms with E-state index >= 15 is 0 Å². The van der Waals surface area contributed by atoms with Crippen LogP contribution in [-0.2, 0) is 17.6 Å². The van der Waals surface area contributed by atoms with Crippen LogP contribution in [0.2, 0.25) is 0 Å². The molecule has 23 heavy (non-hydrogen) atoms. The third-order valence-corrected chi connectivity index (χ3v) is 4.22. The zero-order chi connectivity index (χ0) is 16.1. The molecule has 0 saturated heterocycles. The number of pyridine rings is 1. The fourth-order valence-corrected chi connectivity index (χ4v) is 3.00. The first-order valence-corrected chi connectivity index (χ1v) is 8.27. The molecule has 0 radical (unpaired) electrons. The fraction of sp³-hybridized carbons (Fsp3) is 0.167. The molecule has 0 atom stereocenters. The van der Waals surface area contributed by atoms with Gasteiger partial charge in [-0.3, -0.25) is 4.79 Å². The lowest BCUT2D eigenvalue weighted by molar-refractivity contribution is -0.115. The van der Waals surface area contributed by atoms with Gasteiger partial charge in [-0.2, -0.15) is 0 Å². The summed E-state index contributed by atoms with van der Waals surface area (Å²) < 4.78 is 0. The molecule has 0 spiro atoms. The van der Waals surface area contributed by atoms with Crippen molar-refractivity contribution in [2.24, 2.45) is 0 Å². The number of benzene rings is 1. The van der Waals surface area contributed by atoms with Crippen molar-refractivity contribution in [3.8, 4) is 0 Å². The summed E-state index contributed by atoms with van der Waals surface area (Å²) in [5.41, 5.74) is 3.08. The van der Waals surface area contributed by atoms with Gasteiger partial charge in [0.2, 0.25) is 5.91 Å². The molecule has 0 unspecified atom stereocenters. The van der Waals surface area contributed by atoms with Gasteiger partial charge in [0, 0.05) is 18.0 Å². The molecule has 5 heteroatoms. The highest BCUT2D eigenvalue weighted by molar-refractivity contribution is 7.09. The van der Waals surface area contributed by atoms with Crippen molar-refractivity contribution in [3.05, 3.63) is 75.9 Å². The van der Waals surface area contributed by atoms with Crippen molar-refractivity contribution in [1.82, 2.24) is 9.97 Å². The van der Waals surface area contributed by atoms with Gasteiger partial charge in [-0.25, -0.2) is 9.97 Å². The number of thiazole rings is 1. The van der Waals surface area contributed by atoms with Gasteiger partial charge in [0.05, 0.1) is 17.1 Å². The van der Waals surface area contributed by atoms with Crippen LogP contribution in [0.15, 0.2) is 54.0 Å². The van der Waals surface area contributed by atoms with Crippen LogP contribution in [0, 0.1) is 6.92 Å². The van der Waals surface area contributed by atoms with Crippen molar-refractivity contribution in [3.63, 3.8) is 0 Å². The van der Waals surface area contributed by atoms with E-state index in [1.54, 1.807) is 23.6 Å². The SMILES string of the molecule is Cc1ccc(NC(=O)Cc2csc(Cc3ccccc3)n2)nc1. The number of carbonyl (C=O) groups excluding carboxylic acids is 1. The number of aryl methyl sites for hydroxylation is 1. The van der Waals surface area contributed by atoms with Gasteiger partial charge in [0.15, 0.2) is 0 Å². The van der Waals surface area contributed by atoms with Crippen LogP contribution in [0.1, 0.15) is 21.8 Å². The zero-order valence-corrected chi connectivity index (χ0v) is 13.6. The second kappa shape index (κ2) is 7.15. The molecule has 1 N–H and O–H groups in total. The first kappa shape index (κ1) is 15.4. The Morgan fingerprint density at radius 2 is 2.00 bits per heavy atom. The first-order valence-electron chi connectivity index (χ1n) is 7.39.